The van der Waals surface area contributed by atoms with Crippen molar-refractivity contribution in [3.63, 3.8) is 0 Å². The number of hydrogen-bond acceptors (Lipinski definition) is 3. The number of hydrogen-bond donors (Lipinski definition) is 3. The van der Waals surface area contributed by atoms with Gasteiger partial charge in [-0.05, 0) is 141 Å². The molecule has 294 valence electrons. The first kappa shape index (κ1) is 37.3. The second-order valence-corrected chi connectivity index (χ2v) is 17.7. The maximum Gasteiger partial charge on any atom is 0.105 e. The van der Waals surface area contributed by atoms with Crippen molar-refractivity contribution in [3.8, 4) is 0 Å². The second kappa shape index (κ2) is 16.0. The summed E-state index contributed by atoms with van der Waals surface area (Å²) in [4.78, 5) is 0. The van der Waals surface area contributed by atoms with Crippen LogP contribution >= 0.6 is 0 Å². The monoisotopic (exact) mass is 761 g/mol. The summed E-state index contributed by atoms with van der Waals surface area (Å²) in [5.41, 5.74) is 22.9. The predicted octanol–water partition coefficient (Wildman–Crippen LogP) is 12.8. The minimum atomic E-state index is -0.327. The molecule has 58 heavy (non-hydrogen) atoms. The van der Waals surface area contributed by atoms with Crippen molar-refractivity contribution in [2.45, 2.75) is 102 Å². The van der Waals surface area contributed by atoms with Crippen LogP contribution in [0.25, 0.3) is 22.4 Å². The van der Waals surface area contributed by atoms with Crippen molar-refractivity contribution in [1.29, 1.82) is 0 Å². The number of allylic oxidation sites excluding steroid dienone is 5. The number of nitrogens with one attached hydrogen (secondary N) is 2. The Bertz CT molecular complexity index is 2420. The van der Waals surface area contributed by atoms with Crippen molar-refractivity contribution < 1.29 is 0 Å². The molecule has 1 fully saturated rings. The molecule has 1 saturated carbocycles. The smallest absolute Gasteiger partial charge is 0.105 e. The van der Waals surface area contributed by atoms with Gasteiger partial charge >= 0.3 is 0 Å². The Morgan fingerprint density at radius 3 is 2.28 bits per heavy atom. The highest BCUT2D eigenvalue weighted by molar-refractivity contribution is 5.95. The van der Waals surface area contributed by atoms with Crippen LogP contribution in [0, 0.1) is 17.8 Å². The lowest BCUT2D eigenvalue weighted by atomic mass is 9.68. The molecular formula is C55H59N3. The van der Waals surface area contributed by atoms with E-state index in [1.54, 1.807) is 22.3 Å². The van der Waals surface area contributed by atoms with Crippen LogP contribution in [-0.2, 0) is 6.42 Å². The van der Waals surface area contributed by atoms with Crippen LogP contribution < -0.4 is 16.4 Å². The van der Waals surface area contributed by atoms with E-state index in [0.717, 1.165) is 49.0 Å². The molecule has 1 heterocycles. The molecule has 7 atom stereocenters. The summed E-state index contributed by atoms with van der Waals surface area (Å²) in [6.07, 6.45) is 24.6. The van der Waals surface area contributed by atoms with E-state index < -0.39 is 0 Å². The number of fused-ring (bicyclic) bond motifs is 3. The highest BCUT2D eigenvalue weighted by atomic mass is 15.2. The van der Waals surface area contributed by atoms with Gasteiger partial charge in [0.05, 0.1) is 6.17 Å². The molecule has 3 heteroatoms. The van der Waals surface area contributed by atoms with E-state index in [2.05, 4.69) is 158 Å². The van der Waals surface area contributed by atoms with Gasteiger partial charge in [0, 0.05) is 17.8 Å². The third kappa shape index (κ3) is 6.71. The molecule has 0 spiro atoms. The average molecular weight is 762 g/mol. The third-order valence-electron chi connectivity index (χ3n) is 14.7. The first-order valence-electron chi connectivity index (χ1n) is 22.5. The fourth-order valence-electron chi connectivity index (χ4n) is 12.0. The van der Waals surface area contributed by atoms with Gasteiger partial charge in [-0.25, -0.2) is 0 Å². The molecule has 5 aliphatic rings. The first-order valence-corrected chi connectivity index (χ1v) is 22.5. The van der Waals surface area contributed by atoms with Crippen LogP contribution in [0.2, 0.25) is 0 Å². The SMILES string of the molecule is CCC1C(CC)C1C1=CC(c2c3c(c(C4CCC(c5cccc(C(N)NC6NC=CC=C6c6ccccc6)c5)c5ccccc54)c4ccccc24)C=CCC3)CCC1. The Morgan fingerprint density at radius 1 is 0.759 bits per heavy atom. The van der Waals surface area contributed by atoms with Crippen molar-refractivity contribution >= 4 is 22.4 Å². The van der Waals surface area contributed by atoms with Gasteiger partial charge in [0.25, 0.3) is 0 Å². The van der Waals surface area contributed by atoms with Gasteiger partial charge in [-0.1, -0.05) is 160 Å². The molecule has 7 unspecified atom stereocenters. The number of dihydropyridines is 1. The molecule has 5 aromatic carbocycles. The van der Waals surface area contributed by atoms with Gasteiger partial charge < -0.3 is 11.1 Å². The minimum Gasteiger partial charge on any atom is -0.372 e. The fraction of sp³-hybridized carbons (Fsp3) is 0.345. The Hall–Kier alpha value is -4.96. The lowest BCUT2D eigenvalue weighted by Gasteiger charge is -2.36. The van der Waals surface area contributed by atoms with Crippen LogP contribution in [-0.4, -0.2) is 6.17 Å². The lowest BCUT2D eigenvalue weighted by Crippen LogP contribution is -2.46. The third-order valence-corrected chi connectivity index (χ3v) is 14.7. The summed E-state index contributed by atoms with van der Waals surface area (Å²) in [7, 11) is 0. The topological polar surface area (TPSA) is 50.1 Å². The van der Waals surface area contributed by atoms with Crippen LogP contribution in [0.3, 0.4) is 0 Å². The molecule has 0 amide bonds. The largest absolute Gasteiger partial charge is 0.372 e. The standard InChI is InChI=1S/C55H59N3/c1-3-40-41(4-2)51(40)37-20-15-21-38(34-37)52-46-25-10-12-27-48(46)53(49-28-13-11-26-47(49)52)50-31-30-42(44-23-8-9-24-45(44)50)36-19-14-22-39(33-36)54(56)58-55-43(29-16-32-57-55)35-17-6-5-7-18-35/h5-10,12-14,16-19,22-25,27-29,32-34,38,40-42,50-51,54-55,57-58H,3-4,11,15,20-21,26,30-31,56H2,1-2H3. The molecule has 3 nitrogen and oxygen atoms in total. The summed E-state index contributed by atoms with van der Waals surface area (Å²) in [5.74, 6) is 3.82. The zero-order valence-corrected chi connectivity index (χ0v) is 34.3. The molecular weight excluding hydrogens is 703 g/mol. The van der Waals surface area contributed by atoms with E-state index in [1.807, 2.05) is 6.20 Å². The summed E-state index contributed by atoms with van der Waals surface area (Å²) in [6.45, 7) is 4.82. The highest BCUT2D eigenvalue weighted by Crippen LogP contribution is 2.58. The Kier molecular flexibility index (Phi) is 10.3. The van der Waals surface area contributed by atoms with E-state index in [9.17, 15) is 0 Å². The highest BCUT2D eigenvalue weighted by Gasteiger charge is 2.49. The summed E-state index contributed by atoms with van der Waals surface area (Å²) < 4.78 is 0. The Balaban J connectivity index is 0.987. The summed E-state index contributed by atoms with van der Waals surface area (Å²) in [6, 6.07) is 38.5. The molecule has 0 radical (unpaired) electrons. The first-order chi connectivity index (χ1) is 28.6. The maximum atomic E-state index is 6.98. The van der Waals surface area contributed by atoms with Gasteiger partial charge in [0.1, 0.15) is 6.17 Å². The fourth-order valence-corrected chi connectivity index (χ4v) is 12.0. The van der Waals surface area contributed by atoms with E-state index in [0.29, 0.717) is 17.8 Å². The zero-order valence-electron chi connectivity index (χ0n) is 34.3. The Morgan fingerprint density at radius 2 is 1.48 bits per heavy atom. The molecule has 10 rings (SSSR count). The summed E-state index contributed by atoms with van der Waals surface area (Å²) >= 11 is 0. The van der Waals surface area contributed by atoms with Crippen LogP contribution in [0.1, 0.15) is 139 Å². The van der Waals surface area contributed by atoms with Gasteiger partial charge in [-0.15, -0.1) is 0 Å². The maximum absolute atomic E-state index is 6.98. The van der Waals surface area contributed by atoms with Gasteiger partial charge in [0.2, 0.25) is 0 Å². The molecule has 0 bridgehead atoms. The molecule has 0 saturated heterocycles. The Labute approximate surface area is 346 Å². The number of rotatable bonds is 10. The van der Waals surface area contributed by atoms with E-state index >= 15 is 0 Å². The van der Waals surface area contributed by atoms with Crippen molar-refractivity contribution in [3.05, 3.63) is 189 Å². The minimum absolute atomic E-state index is 0.0837. The number of benzene rings is 5. The van der Waals surface area contributed by atoms with Crippen molar-refractivity contribution in [2.24, 2.45) is 23.5 Å². The zero-order chi connectivity index (χ0) is 39.2. The quantitative estimate of drug-likeness (QED) is 0.0981. The molecule has 5 aromatic rings. The molecule has 4 aliphatic carbocycles. The van der Waals surface area contributed by atoms with Crippen LogP contribution in [0.4, 0.5) is 0 Å². The molecule has 1 aliphatic heterocycles. The van der Waals surface area contributed by atoms with Gasteiger partial charge in [-0.3, -0.25) is 5.32 Å². The summed E-state index contributed by atoms with van der Waals surface area (Å²) in [5, 5.41) is 10.2. The average Bonchev–Trinajstić information content (AvgIpc) is 4.02. The molecule has 0 aromatic heterocycles. The van der Waals surface area contributed by atoms with Crippen LogP contribution in [0.15, 0.2) is 139 Å². The second-order valence-electron chi connectivity index (χ2n) is 17.7. The normalized spacial score (nSPS) is 26.6. The molecule has 4 N–H and O–H groups in total. The van der Waals surface area contributed by atoms with Crippen molar-refractivity contribution in [2.75, 3.05) is 0 Å². The van der Waals surface area contributed by atoms with Crippen molar-refractivity contribution in [1.82, 2.24) is 10.6 Å². The predicted molar refractivity (Wildman–Crippen MR) is 243 cm³/mol. The van der Waals surface area contributed by atoms with Gasteiger partial charge in [0.15, 0.2) is 0 Å². The lowest BCUT2D eigenvalue weighted by molar-refractivity contribution is 0.473. The van der Waals surface area contributed by atoms with Gasteiger partial charge in [-0.2, -0.15) is 0 Å². The van der Waals surface area contributed by atoms with Crippen LogP contribution in [0.5, 0.6) is 0 Å². The van der Waals surface area contributed by atoms with E-state index in [4.69, 9.17) is 5.73 Å². The number of nitrogens with two attached hydrogens (primary N) is 1. The van der Waals surface area contributed by atoms with E-state index in [-0.39, 0.29) is 12.3 Å². The van der Waals surface area contributed by atoms with E-state index in [1.165, 1.54) is 76.3 Å².